The number of carbonyl (C=O) groups excluding carboxylic acids is 5. The number of hydrogen-bond donors (Lipinski definition) is 1. The first kappa shape index (κ1) is 19.7. The van der Waals surface area contributed by atoms with E-state index in [-0.39, 0.29) is 17.0 Å². The Morgan fingerprint density at radius 1 is 0.931 bits per heavy atom. The zero-order valence-corrected chi connectivity index (χ0v) is 15.4. The second-order valence-corrected chi connectivity index (χ2v) is 6.16. The first-order valence-electron chi connectivity index (χ1n) is 8.59. The van der Waals surface area contributed by atoms with Gasteiger partial charge in [-0.2, -0.15) is 0 Å². The highest BCUT2D eigenvalue weighted by Gasteiger charge is 2.25. The molecule has 29 heavy (non-hydrogen) atoms. The van der Waals surface area contributed by atoms with E-state index >= 15 is 0 Å². The van der Waals surface area contributed by atoms with Crippen LogP contribution in [0.2, 0.25) is 0 Å². The molecule has 0 aromatic heterocycles. The molecule has 2 aromatic rings. The second-order valence-electron chi connectivity index (χ2n) is 6.16. The minimum absolute atomic E-state index is 0.0846. The number of ketones is 1. The molecule has 0 saturated carbocycles. The van der Waals surface area contributed by atoms with E-state index in [9.17, 15) is 24.0 Å². The number of nitrogens with one attached hydrogen (secondary N) is 1. The van der Waals surface area contributed by atoms with Crippen molar-refractivity contribution in [2.45, 2.75) is 6.92 Å². The molecule has 0 atom stereocenters. The molecular weight excluding hydrogens is 376 g/mol. The summed E-state index contributed by atoms with van der Waals surface area (Å²) in [6.07, 6.45) is 2.28. The first-order chi connectivity index (χ1) is 13.8. The summed E-state index contributed by atoms with van der Waals surface area (Å²) >= 11 is 0. The van der Waals surface area contributed by atoms with Crippen LogP contribution in [0.15, 0.2) is 60.7 Å². The van der Waals surface area contributed by atoms with E-state index in [1.807, 2.05) is 0 Å². The first-order valence-corrected chi connectivity index (χ1v) is 8.59. The molecule has 0 aliphatic carbocycles. The van der Waals surface area contributed by atoms with Crippen molar-refractivity contribution in [2.75, 3.05) is 16.8 Å². The number of nitrogens with zero attached hydrogens (tertiary/aromatic N) is 1. The molecule has 3 amide bonds. The summed E-state index contributed by atoms with van der Waals surface area (Å²) in [5.41, 5.74) is 1.16. The van der Waals surface area contributed by atoms with Crippen molar-refractivity contribution in [3.05, 3.63) is 71.8 Å². The van der Waals surface area contributed by atoms with Gasteiger partial charge in [-0.15, -0.1) is 0 Å². The number of benzene rings is 2. The number of rotatable bonds is 6. The second kappa shape index (κ2) is 8.30. The Balaban J connectivity index is 1.61. The maximum atomic E-state index is 12.2. The van der Waals surface area contributed by atoms with E-state index in [2.05, 4.69) is 5.32 Å². The van der Waals surface area contributed by atoms with E-state index < -0.39 is 30.3 Å². The number of amides is 3. The molecule has 0 radical (unpaired) electrons. The van der Waals surface area contributed by atoms with Gasteiger partial charge in [-0.3, -0.25) is 19.2 Å². The van der Waals surface area contributed by atoms with E-state index in [1.54, 1.807) is 18.2 Å². The Morgan fingerprint density at radius 2 is 1.59 bits per heavy atom. The third-order valence-electron chi connectivity index (χ3n) is 4.04. The summed E-state index contributed by atoms with van der Waals surface area (Å²) in [7, 11) is 0. The Bertz CT molecular complexity index is 1040. The number of imide groups is 1. The molecule has 0 fully saturated rings. The molecule has 146 valence electrons. The molecule has 1 heterocycles. The summed E-state index contributed by atoms with van der Waals surface area (Å²) in [6, 6.07) is 12.2. The van der Waals surface area contributed by atoms with E-state index in [1.165, 1.54) is 37.3 Å². The molecule has 0 unspecified atom stereocenters. The predicted molar refractivity (Wildman–Crippen MR) is 103 cm³/mol. The van der Waals surface area contributed by atoms with Crippen LogP contribution in [0.1, 0.15) is 27.6 Å². The highest BCUT2D eigenvalue weighted by Crippen LogP contribution is 2.20. The van der Waals surface area contributed by atoms with E-state index in [0.717, 1.165) is 17.1 Å². The fraction of sp³-hybridized carbons (Fsp3) is 0.0952. The van der Waals surface area contributed by atoms with Crippen molar-refractivity contribution in [2.24, 2.45) is 0 Å². The van der Waals surface area contributed by atoms with Gasteiger partial charge in [0.1, 0.15) is 0 Å². The summed E-state index contributed by atoms with van der Waals surface area (Å²) in [4.78, 5) is 60.0. The van der Waals surface area contributed by atoms with Gasteiger partial charge in [0.25, 0.3) is 17.7 Å². The molecule has 0 bridgehead atoms. The van der Waals surface area contributed by atoms with Gasteiger partial charge in [0, 0.05) is 23.4 Å². The molecule has 1 aliphatic rings. The van der Waals surface area contributed by atoms with Crippen molar-refractivity contribution in [1.29, 1.82) is 0 Å². The average Bonchev–Trinajstić information content (AvgIpc) is 3.04. The van der Waals surface area contributed by atoms with Gasteiger partial charge in [0.05, 0.1) is 11.3 Å². The molecule has 0 spiro atoms. The van der Waals surface area contributed by atoms with Gasteiger partial charge in [-0.25, -0.2) is 9.69 Å². The Hall–Kier alpha value is -4.07. The van der Waals surface area contributed by atoms with E-state index in [4.69, 9.17) is 4.74 Å². The summed E-state index contributed by atoms with van der Waals surface area (Å²) in [5, 5.41) is 2.54. The number of esters is 1. The molecule has 8 heteroatoms. The number of anilines is 2. The highest BCUT2D eigenvalue weighted by molar-refractivity contribution is 6.28. The lowest BCUT2D eigenvalue weighted by atomic mass is 10.1. The lowest BCUT2D eigenvalue weighted by Gasteiger charge is -2.14. The standard InChI is InChI=1S/C21H16N2O6/c1-13(24)14-4-2-6-16(10-14)22-18(25)12-29-21(28)15-5-3-7-17(11-15)23-19(26)8-9-20(23)27/h2-11H,12H2,1H3,(H,22,25). The minimum Gasteiger partial charge on any atom is -0.452 e. The predicted octanol–water partition coefficient (Wildman–Crippen LogP) is 2.11. The number of carbonyl (C=O) groups is 5. The Labute approximate surface area is 165 Å². The molecular formula is C21H16N2O6. The number of ether oxygens (including phenoxy) is 1. The zero-order valence-electron chi connectivity index (χ0n) is 15.4. The van der Waals surface area contributed by atoms with Crippen LogP contribution in [-0.2, 0) is 19.1 Å². The Morgan fingerprint density at radius 3 is 2.28 bits per heavy atom. The van der Waals surface area contributed by atoms with Gasteiger partial charge in [-0.05, 0) is 37.3 Å². The SMILES string of the molecule is CC(=O)c1cccc(NC(=O)COC(=O)c2cccc(N3C(=O)C=CC3=O)c2)c1. The molecule has 1 aliphatic heterocycles. The van der Waals surface area contributed by atoms with Gasteiger partial charge in [0.15, 0.2) is 12.4 Å². The lowest BCUT2D eigenvalue weighted by Crippen LogP contribution is -2.29. The molecule has 0 saturated heterocycles. The van der Waals surface area contributed by atoms with Crippen molar-refractivity contribution < 1.29 is 28.7 Å². The monoisotopic (exact) mass is 392 g/mol. The Kier molecular flexibility index (Phi) is 5.64. The lowest BCUT2D eigenvalue weighted by molar-refractivity contribution is -0.120. The normalized spacial score (nSPS) is 12.8. The smallest absolute Gasteiger partial charge is 0.338 e. The van der Waals surface area contributed by atoms with Crippen LogP contribution >= 0.6 is 0 Å². The molecule has 8 nitrogen and oxygen atoms in total. The van der Waals surface area contributed by atoms with E-state index in [0.29, 0.717) is 11.3 Å². The summed E-state index contributed by atoms with van der Waals surface area (Å²) in [5.74, 6) is -2.52. The fourth-order valence-electron chi connectivity index (χ4n) is 2.65. The maximum absolute atomic E-state index is 12.2. The highest BCUT2D eigenvalue weighted by atomic mass is 16.5. The molecule has 3 rings (SSSR count). The topological polar surface area (TPSA) is 110 Å². The maximum Gasteiger partial charge on any atom is 0.338 e. The summed E-state index contributed by atoms with van der Waals surface area (Å²) < 4.78 is 4.99. The van der Waals surface area contributed by atoms with Gasteiger partial charge in [-0.1, -0.05) is 18.2 Å². The van der Waals surface area contributed by atoms with Crippen LogP contribution in [0.4, 0.5) is 11.4 Å². The zero-order chi connectivity index (χ0) is 21.0. The van der Waals surface area contributed by atoms with Gasteiger partial charge >= 0.3 is 5.97 Å². The van der Waals surface area contributed by atoms with Crippen LogP contribution in [-0.4, -0.2) is 36.1 Å². The minimum atomic E-state index is -0.786. The van der Waals surface area contributed by atoms with Crippen molar-refractivity contribution in [3.63, 3.8) is 0 Å². The van der Waals surface area contributed by atoms with Crippen LogP contribution in [0.3, 0.4) is 0 Å². The van der Waals surface area contributed by atoms with Crippen molar-refractivity contribution in [1.82, 2.24) is 0 Å². The third-order valence-corrected chi connectivity index (χ3v) is 4.04. The largest absolute Gasteiger partial charge is 0.452 e. The van der Waals surface area contributed by atoms with Crippen LogP contribution in [0.25, 0.3) is 0 Å². The van der Waals surface area contributed by atoms with Gasteiger partial charge in [0.2, 0.25) is 0 Å². The molecule has 1 N–H and O–H groups in total. The van der Waals surface area contributed by atoms with Crippen molar-refractivity contribution >= 4 is 40.8 Å². The van der Waals surface area contributed by atoms with Crippen LogP contribution < -0.4 is 10.2 Å². The van der Waals surface area contributed by atoms with Crippen LogP contribution in [0, 0.1) is 0 Å². The number of Topliss-reactive ketones (excluding diaryl/α,β-unsaturated/α-hetero) is 1. The quantitative estimate of drug-likeness (QED) is 0.458. The number of hydrogen-bond acceptors (Lipinski definition) is 6. The average molecular weight is 392 g/mol. The van der Waals surface area contributed by atoms with Crippen LogP contribution in [0.5, 0.6) is 0 Å². The molecule has 2 aromatic carbocycles. The fourth-order valence-corrected chi connectivity index (χ4v) is 2.65. The van der Waals surface area contributed by atoms with Gasteiger partial charge < -0.3 is 10.1 Å². The third kappa shape index (κ3) is 4.62. The summed E-state index contributed by atoms with van der Waals surface area (Å²) in [6.45, 7) is 0.868. The van der Waals surface area contributed by atoms with Crippen molar-refractivity contribution in [3.8, 4) is 0 Å².